The van der Waals surface area contributed by atoms with Crippen molar-refractivity contribution in [1.82, 2.24) is 14.9 Å². The summed E-state index contributed by atoms with van der Waals surface area (Å²) in [6.07, 6.45) is 3.21. The van der Waals surface area contributed by atoms with E-state index in [9.17, 15) is 10.1 Å². The number of halogens is 1. The average Bonchev–Trinajstić information content (AvgIpc) is 2.79. The highest BCUT2D eigenvalue weighted by Gasteiger charge is 2.24. The molecule has 2 aromatic heterocycles. The van der Waals surface area contributed by atoms with Crippen LogP contribution in [0.4, 0.5) is 5.82 Å². The minimum atomic E-state index is -0.0716. The predicted octanol–water partition coefficient (Wildman–Crippen LogP) is 3.87. The van der Waals surface area contributed by atoms with Crippen molar-refractivity contribution in [1.29, 1.82) is 5.26 Å². The molecule has 0 unspecified atom stereocenters. The monoisotopic (exact) mass is 463 g/mol. The first kappa shape index (κ1) is 19.9. The average molecular weight is 464 g/mol. The second-order valence-corrected chi connectivity index (χ2v) is 7.63. The van der Waals surface area contributed by atoms with Gasteiger partial charge in [-0.05, 0) is 36.4 Å². The number of aromatic nitrogens is 2. The molecule has 1 aromatic carbocycles. The molecule has 8 heteroatoms. The molecule has 3 heterocycles. The molecule has 1 saturated heterocycles. The number of carbonyl (C=O) groups excluding carboxylic acids is 1. The summed E-state index contributed by atoms with van der Waals surface area (Å²) in [5, 5.41) is 9.27. The summed E-state index contributed by atoms with van der Waals surface area (Å²) in [7, 11) is 0. The number of anilines is 1. The minimum absolute atomic E-state index is 0.0716. The maximum Gasteiger partial charge on any atom is 0.255 e. The molecule has 0 atom stereocenters. The fourth-order valence-electron chi connectivity index (χ4n) is 3.26. The fraction of sp³-hybridized carbons (Fsp3) is 0.182. The van der Waals surface area contributed by atoms with Gasteiger partial charge in [-0.25, -0.2) is 9.97 Å². The Morgan fingerprint density at radius 2 is 1.90 bits per heavy atom. The summed E-state index contributed by atoms with van der Waals surface area (Å²) in [5.74, 6) is 1.69. The number of nitrogens with zero attached hydrogens (tertiary/aromatic N) is 5. The first-order valence-electron chi connectivity index (χ1n) is 9.43. The van der Waals surface area contributed by atoms with Crippen LogP contribution in [-0.2, 0) is 0 Å². The van der Waals surface area contributed by atoms with Crippen molar-refractivity contribution in [2.75, 3.05) is 31.1 Å². The van der Waals surface area contributed by atoms with Crippen LogP contribution in [0.3, 0.4) is 0 Å². The highest BCUT2D eigenvalue weighted by atomic mass is 79.9. The summed E-state index contributed by atoms with van der Waals surface area (Å²) in [4.78, 5) is 25.2. The van der Waals surface area contributed by atoms with Crippen molar-refractivity contribution in [3.63, 3.8) is 0 Å². The Morgan fingerprint density at radius 3 is 2.60 bits per heavy atom. The lowest BCUT2D eigenvalue weighted by atomic mass is 10.2. The zero-order valence-electron chi connectivity index (χ0n) is 16.0. The van der Waals surface area contributed by atoms with Crippen LogP contribution in [0.1, 0.15) is 15.9 Å². The molecule has 3 aromatic rings. The molecule has 0 saturated carbocycles. The first-order chi connectivity index (χ1) is 14.6. The Kier molecular flexibility index (Phi) is 5.91. The Labute approximate surface area is 182 Å². The molecule has 0 N–H and O–H groups in total. The van der Waals surface area contributed by atoms with Gasteiger partial charge >= 0.3 is 0 Å². The lowest BCUT2D eigenvalue weighted by Gasteiger charge is -2.35. The second kappa shape index (κ2) is 8.93. The van der Waals surface area contributed by atoms with E-state index in [2.05, 4.69) is 32.0 Å². The summed E-state index contributed by atoms with van der Waals surface area (Å²) in [6, 6.07) is 16.6. The van der Waals surface area contributed by atoms with E-state index in [1.54, 1.807) is 35.4 Å². The molecule has 1 fully saturated rings. The summed E-state index contributed by atoms with van der Waals surface area (Å²) < 4.78 is 6.63. The quantitative estimate of drug-likeness (QED) is 0.583. The molecule has 4 rings (SSSR count). The molecule has 1 aliphatic heterocycles. The van der Waals surface area contributed by atoms with Crippen molar-refractivity contribution in [2.24, 2.45) is 0 Å². The van der Waals surface area contributed by atoms with E-state index >= 15 is 0 Å². The molecule has 150 valence electrons. The molecule has 1 amide bonds. The normalized spacial score (nSPS) is 13.6. The van der Waals surface area contributed by atoms with Gasteiger partial charge < -0.3 is 14.5 Å². The van der Waals surface area contributed by atoms with Crippen LogP contribution in [0.25, 0.3) is 0 Å². The standard InChI is InChI=1S/C22H18BrN5O2/c23-18-4-1-5-19(13-18)30-20-7-6-17(15-26-20)22(29)28-11-9-27(10-12-28)21-16(14-24)3-2-8-25-21/h1-8,13,15H,9-12H2. The van der Waals surface area contributed by atoms with Crippen LogP contribution in [0.15, 0.2) is 65.4 Å². The van der Waals surface area contributed by atoms with E-state index in [0.717, 1.165) is 4.47 Å². The Morgan fingerprint density at radius 1 is 1.07 bits per heavy atom. The van der Waals surface area contributed by atoms with Crippen molar-refractivity contribution < 1.29 is 9.53 Å². The van der Waals surface area contributed by atoms with E-state index in [1.807, 2.05) is 29.2 Å². The second-order valence-electron chi connectivity index (χ2n) is 6.71. The number of hydrogen-bond donors (Lipinski definition) is 0. The maximum atomic E-state index is 12.8. The van der Waals surface area contributed by atoms with E-state index in [4.69, 9.17) is 4.74 Å². The van der Waals surface area contributed by atoms with Crippen LogP contribution in [-0.4, -0.2) is 47.0 Å². The molecule has 7 nitrogen and oxygen atoms in total. The largest absolute Gasteiger partial charge is 0.439 e. The van der Waals surface area contributed by atoms with Crippen molar-refractivity contribution in [3.05, 3.63) is 76.5 Å². The van der Waals surface area contributed by atoms with E-state index < -0.39 is 0 Å². The van der Waals surface area contributed by atoms with Gasteiger partial charge in [0, 0.05) is 49.1 Å². The summed E-state index contributed by atoms with van der Waals surface area (Å²) >= 11 is 3.40. The van der Waals surface area contributed by atoms with Crippen molar-refractivity contribution in [2.45, 2.75) is 0 Å². The number of amides is 1. The van der Waals surface area contributed by atoms with E-state index in [1.165, 1.54) is 6.20 Å². The fourth-order valence-corrected chi connectivity index (χ4v) is 3.64. The minimum Gasteiger partial charge on any atom is -0.439 e. The van der Waals surface area contributed by atoms with E-state index in [-0.39, 0.29) is 5.91 Å². The van der Waals surface area contributed by atoms with Crippen LogP contribution >= 0.6 is 15.9 Å². The molecule has 1 aliphatic rings. The number of rotatable bonds is 4. The number of piperazine rings is 1. The summed E-state index contributed by atoms with van der Waals surface area (Å²) in [6.45, 7) is 2.34. The molecule has 0 bridgehead atoms. The van der Waals surface area contributed by atoms with Gasteiger partial charge in [0.1, 0.15) is 17.6 Å². The van der Waals surface area contributed by atoms with Gasteiger partial charge in [-0.3, -0.25) is 4.79 Å². The molecule has 0 spiro atoms. The number of carbonyl (C=O) groups is 1. The van der Waals surface area contributed by atoms with Crippen molar-refractivity contribution >= 4 is 27.7 Å². The SMILES string of the molecule is N#Cc1cccnc1N1CCN(C(=O)c2ccc(Oc3cccc(Br)c3)nc2)CC1. The Hall–Kier alpha value is -3.44. The lowest BCUT2D eigenvalue weighted by molar-refractivity contribution is 0.0746. The molecule has 0 radical (unpaired) electrons. The zero-order chi connectivity index (χ0) is 20.9. The highest BCUT2D eigenvalue weighted by Crippen LogP contribution is 2.23. The third-order valence-electron chi connectivity index (χ3n) is 4.78. The van der Waals surface area contributed by atoms with Gasteiger partial charge in [-0.1, -0.05) is 22.0 Å². The molecule has 30 heavy (non-hydrogen) atoms. The highest BCUT2D eigenvalue weighted by molar-refractivity contribution is 9.10. The maximum absolute atomic E-state index is 12.8. The van der Waals surface area contributed by atoms with Crippen LogP contribution < -0.4 is 9.64 Å². The summed E-state index contributed by atoms with van der Waals surface area (Å²) in [5.41, 5.74) is 1.06. The number of hydrogen-bond acceptors (Lipinski definition) is 6. The first-order valence-corrected chi connectivity index (χ1v) is 10.2. The van der Waals surface area contributed by atoms with Gasteiger partial charge in [0.05, 0.1) is 11.1 Å². The molecule has 0 aliphatic carbocycles. The third kappa shape index (κ3) is 4.42. The predicted molar refractivity (Wildman–Crippen MR) is 116 cm³/mol. The van der Waals surface area contributed by atoms with Crippen LogP contribution in [0, 0.1) is 11.3 Å². The smallest absolute Gasteiger partial charge is 0.255 e. The molecular weight excluding hydrogens is 446 g/mol. The number of pyridine rings is 2. The van der Waals surface area contributed by atoms with Crippen LogP contribution in [0.5, 0.6) is 11.6 Å². The van der Waals surface area contributed by atoms with Crippen molar-refractivity contribution in [3.8, 4) is 17.7 Å². The Balaban J connectivity index is 1.38. The zero-order valence-corrected chi connectivity index (χ0v) is 17.6. The number of benzene rings is 1. The van der Waals surface area contributed by atoms with Gasteiger partial charge in [-0.15, -0.1) is 0 Å². The van der Waals surface area contributed by atoms with E-state index in [0.29, 0.717) is 54.8 Å². The van der Waals surface area contributed by atoms with Gasteiger partial charge in [0.2, 0.25) is 5.88 Å². The van der Waals surface area contributed by atoms with Crippen LogP contribution in [0.2, 0.25) is 0 Å². The van der Waals surface area contributed by atoms with Gasteiger partial charge in [-0.2, -0.15) is 5.26 Å². The molecular formula is C22H18BrN5O2. The van der Waals surface area contributed by atoms with Gasteiger partial charge in [0.15, 0.2) is 0 Å². The van der Waals surface area contributed by atoms with Gasteiger partial charge in [0.25, 0.3) is 5.91 Å². The third-order valence-corrected chi connectivity index (χ3v) is 5.27. The lowest BCUT2D eigenvalue weighted by Crippen LogP contribution is -2.49. The number of nitriles is 1. The topological polar surface area (TPSA) is 82.4 Å². The Bertz CT molecular complexity index is 1090. The number of ether oxygens (including phenoxy) is 1.